The maximum absolute atomic E-state index is 15.6. The molecular formula is C30H24F3NO2. The third-order valence-electron chi connectivity index (χ3n) is 6.90. The minimum absolute atomic E-state index is 0.121. The van der Waals surface area contributed by atoms with Gasteiger partial charge in [-0.1, -0.05) is 48.5 Å². The van der Waals surface area contributed by atoms with Crippen LogP contribution in [0.5, 0.6) is 0 Å². The van der Waals surface area contributed by atoms with E-state index in [9.17, 15) is 13.6 Å². The number of carbonyl (C=O) groups is 1. The van der Waals surface area contributed by atoms with Gasteiger partial charge in [0.2, 0.25) is 5.78 Å². The third kappa shape index (κ3) is 4.17. The molecule has 0 bridgehead atoms. The van der Waals surface area contributed by atoms with Crippen molar-refractivity contribution in [2.75, 3.05) is 7.11 Å². The molecule has 182 valence electrons. The van der Waals surface area contributed by atoms with Crippen molar-refractivity contribution in [2.45, 2.75) is 30.7 Å². The largest absolute Gasteiger partial charge is 0.493 e. The fourth-order valence-electron chi connectivity index (χ4n) is 5.00. The summed E-state index contributed by atoms with van der Waals surface area (Å²) in [5.41, 5.74) is 1.94. The van der Waals surface area contributed by atoms with Gasteiger partial charge >= 0.3 is 0 Å². The van der Waals surface area contributed by atoms with Gasteiger partial charge in [-0.05, 0) is 60.4 Å². The van der Waals surface area contributed by atoms with Gasteiger partial charge in [-0.15, -0.1) is 0 Å². The lowest BCUT2D eigenvalue weighted by atomic mass is 9.73. The van der Waals surface area contributed by atoms with Crippen LogP contribution >= 0.6 is 0 Å². The molecule has 1 aliphatic heterocycles. The molecule has 2 aliphatic carbocycles. The summed E-state index contributed by atoms with van der Waals surface area (Å²) < 4.78 is 48.1. The number of hydrogen-bond donors (Lipinski definition) is 0. The Morgan fingerprint density at radius 3 is 2.47 bits per heavy atom. The molecule has 36 heavy (non-hydrogen) atoms. The Labute approximate surface area is 207 Å². The number of halogens is 3. The first-order valence-electron chi connectivity index (χ1n) is 11.7. The predicted octanol–water partition coefficient (Wildman–Crippen LogP) is 7.07. The highest BCUT2D eigenvalue weighted by molar-refractivity contribution is 6.12. The van der Waals surface area contributed by atoms with Crippen molar-refractivity contribution in [3.05, 3.63) is 130 Å². The topological polar surface area (TPSA) is 38.7 Å². The Kier molecular flexibility index (Phi) is 6.12. The summed E-state index contributed by atoms with van der Waals surface area (Å²) in [6, 6.07) is 14.0. The van der Waals surface area contributed by atoms with E-state index in [1.165, 1.54) is 25.3 Å². The van der Waals surface area contributed by atoms with Gasteiger partial charge in [0.05, 0.1) is 7.11 Å². The predicted molar refractivity (Wildman–Crippen MR) is 133 cm³/mol. The molecule has 3 unspecified atom stereocenters. The van der Waals surface area contributed by atoms with Crippen LogP contribution in [-0.4, -0.2) is 19.1 Å². The molecule has 2 aromatic rings. The SMILES string of the molecule is COC1=CC(C)(c2ccc(C3C=C(F)C(F)=CC3)cc2F)C=C(C2=CC=NC2c2ccccc2)C1=O. The molecule has 2 aromatic carbocycles. The van der Waals surface area contributed by atoms with Crippen molar-refractivity contribution in [3.63, 3.8) is 0 Å². The zero-order valence-electron chi connectivity index (χ0n) is 19.8. The van der Waals surface area contributed by atoms with Gasteiger partial charge in [-0.25, -0.2) is 13.2 Å². The molecule has 5 rings (SSSR count). The molecule has 3 nitrogen and oxygen atoms in total. The van der Waals surface area contributed by atoms with Crippen molar-refractivity contribution in [3.8, 4) is 0 Å². The normalized spacial score (nSPS) is 25.6. The van der Waals surface area contributed by atoms with Crippen LogP contribution in [-0.2, 0) is 14.9 Å². The molecule has 0 saturated heterocycles. The number of carbonyl (C=O) groups excluding carboxylic acids is 1. The number of aliphatic imine (C=N–C) groups is 1. The summed E-state index contributed by atoms with van der Waals surface area (Å²) in [5, 5.41) is 0. The van der Waals surface area contributed by atoms with Crippen LogP contribution in [0.15, 0.2) is 112 Å². The molecule has 6 heteroatoms. The quantitative estimate of drug-likeness (QED) is 0.453. The van der Waals surface area contributed by atoms with Crippen molar-refractivity contribution < 1.29 is 22.7 Å². The first kappa shape index (κ1) is 23.8. The molecule has 3 aliphatic rings. The van der Waals surface area contributed by atoms with Crippen LogP contribution in [0, 0.1) is 5.82 Å². The van der Waals surface area contributed by atoms with E-state index in [-0.39, 0.29) is 24.0 Å². The third-order valence-corrected chi connectivity index (χ3v) is 6.90. The molecule has 0 saturated carbocycles. The summed E-state index contributed by atoms with van der Waals surface area (Å²) in [5.74, 6) is -2.97. The van der Waals surface area contributed by atoms with Gasteiger partial charge in [-0.2, -0.15) is 0 Å². The second kappa shape index (κ2) is 9.26. The fraction of sp³-hybridized carbons (Fsp3) is 0.200. The van der Waals surface area contributed by atoms with E-state index in [4.69, 9.17) is 4.74 Å². The lowest BCUT2D eigenvalue weighted by molar-refractivity contribution is -0.115. The van der Waals surface area contributed by atoms with Gasteiger partial charge in [0.1, 0.15) is 11.9 Å². The Bertz CT molecular complexity index is 1410. The lowest BCUT2D eigenvalue weighted by Crippen LogP contribution is -2.28. The number of allylic oxidation sites excluding steroid dienone is 8. The molecule has 0 fully saturated rings. The van der Waals surface area contributed by atoms with Gasteiger partial charge in [-0.3, -0.25) is 9.79 Å². The van der Waals surface area contributed by atoms with Crippen molar-refractivity contribution in [1.82, 2.24) is 0 Å². The minimum atomic E-state index is -0.998. The number of ketones is 1. The minimum Gasteiger partial charge on any atom is -0.493 e. The molecule has 0 aromatic heterocycles. The molecule has 0 spiro atoms. The average molecular weight is 488 g/mol. The Morgan fingerprint density at radius 1 is 1.00 bits per heavy atom. The molecule has 1 heterocycles. The Balaban J connectivity index is 1.54. The smallest absolute Gasteiger partial charge is 0.227 e. The summed E-state index contributed by atoms with van der Waals surface area (Å²) in [6.45, 7) is 1.81. The highest BCUT2D eigenvalue weighted by Crippen LogP contribution is 2.43. The number of Topliss-reactive ketones (excluding diaryl/α,β-unsaturated/α-hetero) is 1. The number of benzene rings is 2. The van der Waals surface area contributed by atoms with E-state index in [1.54, 1.807) is 36.6 Å². The zero-order valence-corrected chi connectivity index (χ0v) is 19.8. The van der Waals surface area contributed by atoms with Crippen LogP contribution in [0.4, 0.5) is 13.2 Å². The van der Waals surface area contributed by atoms with E-state index in [1.807, 2.05) is 37.3 Å². The second-order valence-corrected chi connectivity index (χ2v) is 9.26. The summed E-state index contributed by atoms with van der Waals surface area (Å²) >= 11 is 0. The number of hydrogen-bond acceptors (Lipinski definition) is 3. The molecule has 3 atom stereocenters. The van der Waals surface area contributed by atoms with Gasteiger partial charge < -0.3 is 4.74 Å². The number of nitrogens with zero attached hydrogens (tertiary/aromatic N) is 1. The van der Waals surface area contributed by atoms with Crippen molar-refractivity contribution >= 4 is 12.0 Å². The van der Waals surface area contributed by atoms with Crippen LogP contribution in [0.3, 0.4) is 0 Å². The molecule has 0 radical (unpaired) electrons. The van der Waals surface area contributed by atoms with E-state index < -0.39 is 28.8 Å². The highest BCUT2D eigenvalue weighted by atomic mass is 19.2. The standard InChI is InChI=1S/C30H24F3NO2/c1-30(23-10-8-19(14-25(23)32)20-9-11-24(31)26(33)15-20)16-22(29(35)27(17-30)36-2)21-12-13-34-28(21)18-6-4-3-5-7-18/h3-8,10-17,20,28H,9H2,1-2H3. The molecule has 0 N–H and O–H groups in total. The lowest BCUT2D eigenvalue weighted by Gasteiger charge is -2.31. The summed E-state index contributed by atoms with van der Waals surface area (Å²) in [4.78, 5) is 17.9. The first-order chi connectivity index (χ1) is 17.3. The maximum atomic E-state index is 15.6. The number of methoxy groups -OCH3 is 1. The van der Waals surface area contributed by atoms with Gasteiger partial charge in [0.15, 0.2) is 17.4 Å². The van der Waals surface area contributed by atoms with Crippen LogP contribution in [0.2, 0.25) is 0 Å². The van der Waals surface area contributed by atoms with Crippen LogP contribution in [0.1, 0.15) is 42.0 Å². The summed E-state index contributed by atoms with van der Waals surface area (Å²) in [6.07, 6.45) is 9.43. The van der Waals surface area contributed by atoms with Crippen LogP contribution in [0.25, 0.3) is 0 Å². The number of rotatable bonds is 5. The maximum Gasteiger partial charge on any atom is 0.227 e. The first-order valence-corrected chi connectivity index (χ1v) is 11.7. The molecule has 0 amide bonds. The van der Waals surface area contributed by atoms with Crippen molar-refractivity contribution in [2.24, 2.45) is 4.99 Å². The fourth-order valence-corrected chi connectivity index (χ4v) is 5.00. The van der Waals surface area contributed by atoms with Gasteiger partial charge in [0, 0.05) is 28.7 Å². The van der Waals surface area contributed by atoms with E-state index >= 15 is 4.39 Å². The summed E-state index contributed by atoms with van der Waals surface area (Å²) in [7, 11) is 1.41. The van der Waals surface area contributed by atoms with Crippen molar-refractivity contribution in [1.29, 1.82) is 0 Å². The monoisotopic (exact) mass is 487 g/mol. The van der Waals surface area contributed by atoms with E-state index in [2.05, 4.69) is 4.99 Å². The van der Waals surface area contributed by atoms with E-state index in [0.717, 1.165) is 5.56 Å². The van der Waals surface area contributed by atoms with Crippen LogP contribution < -0.4 is 0 Å². The zero-order chi connectivity index (χ0) is 25.4. The Hall–Kier alpha value is -3.93. The number of ether oxygens (including phenoxy) is 1. The molecular weight excluding hydrogens is 463 g/mol. The van der Waals surface area contributed by atoms with E-state index in [0.29, 0.717) is 22.3 Å². The van der Waals surface area contributed by atoms with Gasteiger partial charge in [0.25, 0.3) is 0 Å². The highest BCUT2D eigenvalue weighted by Gasteiger charge is 2.38. The average Bonchev–Trinajstić information content (AvgIpc) is 3.37. The second-order valence-electron chi connectivity index (χ2n) is 9.26. The Morgan fingerprint density at radius 2 is 1.78 bits per heavy atom.